The van der Waals surface area contributed by atoms with E-state index in [-0.39, 0.29) is 0 Å². The zero-order chi connectivity index (χ0) is 20.9. The van der Waals surface area contributed by atoms with Crippen molar-refractivity contribution in [1.29, 1.82) is 0 Å². The van der Waals surface area contributed by atoms with E-state index in [9.17, 15) is 4.21 Å². The largest absolute Gasteiger partial charge is 0.347 e. The first-order valence-corrected chi connectivity index (χ1v) is 12.3. The van der Waals surface area contributed by atoms with Gasteiger partial charge in [0, 0.05) is 29.1 Å². The molecule has 1 fully saturated rings. The maximum absolute atomic E-state index is 14.1. The molecular formula is C27H26N2OS. The van der Waals surface area contributed by atoms with Gasteiger partial charge < -0.3 is 4.98 Å². The summed E-state index contributed by atoms with van der Waals surface area (Å²) in [4.78, 5) is 7.06. The van der Waals surface area contributed by atoms with Crippen molar-refractivity contribution in [3.8, 4) is 0 Å². The highest BCUT2D eigenvalue weighted by molar-refractivity contribution is 7.85. The maximum Gasteiger partial charge on any atom is 0.117 e. The number of hydrogen-bond donors (Lipinski definition) is 1. The molecule has 1 aromatic heterocycles. The Bertz CT molecular complexity index is 1360. The Hall–Kier alpha value is -2.69. The molecule has 2 aliphatic heterocycles. The Balaban J connectivity index is 1.56. The van der Waals surface area contributed by atoms with Crippen molar-refractivity contribution in [2.24, 2.45) is 0 Å². The van der Waals surface area contributed by atoms with Crippen LogP contribution >= 0.6 is 0 Å². The van der Waals surface area contributed by atoms with Crippen molar-refractivity contribution in [1.82, 2.24) is 9.88 Å². The number of benzene rings is 3. The van der Waals surface area contributed by atoms with E-state index in [1.54, 1.807) is 0 Å². The summed E-state index contributed by atoms with van der Waals surface area (Å²) in [7, 11) is -1.29. The van der Waals surface area contributed by atoms with Crippen LogP contribution in [0.25, 0.3) is 27.2 Å². The molecule has 0 bridgehead atoms. The maximum atomic E-state index is 14.1. The number of H-pyrrole nitrogens is 1. The highest BCUT2D eigenvalue weighted by atomic mass is 32.2. The second kappa shape index (κ2) is 7.47. The summed E-state index contributed by atoms with van der Waals surface area (Å²) in [6.07, 6.45) is 5.96. The molecule has 4 aromatic rings. The van der Waals surface area contributed by atoms with E-state index in [0.717, 1.165) is 44.7 Å². The Kier molecular flexibility index (Phi) is 4.58. The van der Waals surface area contributed by atoms with Crippen molar-refractivity contribution < 1.29 is 4.21 Å². The monoisotopic (exact) mass is 426 g/mol. The van der Waals surface area contributed by atoms with Crippen LogP contribution in [0.4, 0.5) is 0 Å². The normalized spacial score (nSPS) is 20.2. The predicted octanol–water partition coefficient (Wildman–Crippen LogP) is 6.05. The average Bonchev–Trinajstić information content (AvgIpc) is 3.43. The molecule has 1 saturated heterocycles. The van der Waals surface area contributed by atoms with E-state index in [1.807, 2.05) is 24.3 Å². The van der Waals surface area contributed by atoms with Gasteiger partial charge in [0.25, 0.3) is 0 Å². The third-order valence-corrected chi connectivity index (χ3v) is 8.42. The van der Waals surface area contributed by atoms with Gasteiger partial charge in [0.15, 0.2) is 0 Å². The van der Waals surface area contributed by atoms with Crippen molar-refractivity contribution >= 4 is 38.0 Å². The van der Waals surface area contributed by atoms with Gasteiger partial charge in [-0.25, -0.2) is 4.21 Å². The minimum Gasteiger partial charge on any atom is -0.347 e. The van der Waals surface area contributed by atoms with Gasteiger partial charge in [0.05, 0.1) is 4.90 Å². The Morgan fingerprint density at radius 1 is 1.00 bits per heavy atom. The molecule has 3 nitrogen and oxygen atoms in total. The number of para-hydroxylation sites is 1. The molecule has 31 heavy (non-hydrogen) atoms. The lowest BCUT2D eigenvalue weighted by molar-refractivity contribution is 0.275. The smallest absolute Gasteiger partial charge is 0.117 e. The lowest BCUT2D eigenvalue weighted by Gasteiger charge is -2.29. The first-order valence-electron chi connectivity index (χ1n) is 11.1. The van der Waals surface area contributed by atoms with E-state index in [4.69, 9.17) is 0 Å². The van der Waals surface area contributed by atoms with Crippen LogP contribution in [-0.4, -0.2) is 33.2 Å². The van der Waals surface area contributed by atoms with Gasteiger partial charge in [-0.15, -0.1) is 0 Å². The van der Waals surface area contributed by atoms with Gasteiger partial charge in [0.2, 0.25) is 0 Å². The molecule has 6 rings (SSSR count). The topological polar surface area (TPSA) is 36.1 Å². The predicted molar refractivity (Wildman–Crippen MR) is 129 cm³/mol. The second-order valence-corrected chi connectivity index (χ2v) is 10.2. The molecule has 3 aromatic carbocycles. The third kappa shape index (κ3) is 3.08. The number of aromatic amines is 1. The lowest BCUT2D eigenvalue weighted by atomic mass is 9.93. The number of aromatic nitrogens is 1. The fraction of sp³-hybridized carbons (Fsp3) is 0.259. The Labute approximate surface area is 185 Å². The fourth-order valence-electron chi connectivity index (χ4n) is 5.40. The first-order chi connectivity index (χ1) is 15.2. The van der Waals surface area contributed by atoms with Crippen LogP contribution in [0.2, 0.25) is 0 Å². The third-order valence-electron chi connectivity index (χ3n) is 6.99. The number of aryl methyl sites for hydroxylation is 1. The summed E-state index contributed by atoms with van der Waals surface area (Å²) in [6, 6.07) is 21.4. The molecule has 3 heterocycles. The van der Waals surface area contributed by atoms with Crippen LogP contribution in [0.5, 0.6) is 0 Å². The second-order valence-electron chi connectivity index (χ2n) is 8.80. The van der Waals surface area contributed by atoms with Crippen LogP contribution in [-0.2, 0) is 10.8 Å². The first kappa shape index (κ1) is 19.0. The van der Waals surface area contributed by atoms with Crippen molar-refractivity contribution in [2.45, 2.75) is 42.1 Å². The summed E-state index contributed by atoms with van der Waals surface area (Å²) in [5.74, 6) is 0. The summed E-state index contributed by atoms with van der Waals surface area (Å²) < 4.78 is 14.1. The quantitative estimate of drug-likeness (QED) is 0.433. The van der Waals surface area contributed by atoms with Crippen LogP contribution in [0.3, 0.4) is 0 Å². The number of nitrogens with one attached hydrogen (secondary N) is 1. The SMILES string of the molecule is Cc1cccc2c(C3=CCN4CCC[C@H]4C3)c(S(=O)c3cccc4ccccc34)[nH]c12. The summed E-state index contributed by atoms with van der Waals surface area (Å²) in [5, 5.41) is 4.23. The fourth-order valence-corrected chi connectivity index (χ4v) is 6.83. The van der Waals surface area contributed by atoms with E-state index in [1.165, 1.54) is 35.9 Å². The molecule has 1 unspecified atom stereocenters. The number of nitrogens with zero attached hydrogens (tertiary/aromatic N) is 1. The molecule has 156 valence electrons. The van der Waals surface area contributed by atoms with Crippen molar-refractivity contribution in [3.63, 3.8) is 0 Å². The van der Waals surface area contributed by atoms with E-state index >= 15 is 0 Å². The lowest BCUT2D eigenvalue weighted by Crippen LogP contribution is -2.32. The minimum atomic E-state index is -1.29. The average molecular weight is 427 g/mol. The summed E-state index contributed by atoms with van der Waals surface area (Å²) >= 11 is 0. The standard InChI is InChI=1S/C27H26N2OS/c1-18-7-4-12-23-25(20-14-16-29-15-6-10-21(29)17-20)27(28-26(18)23)31(30)24-13-5-9-19-8-2-3-11-22(19)24/h2-5,7-9,11-14,21,28H,6,10,15-17H2,1H3/t21-,31?/m0/s1. The molecule has 0 saturated carbocycles. The van der Waals surface area contributed by atoms with Crippen LogP contribution in [0, 0.1) is 6.92 Å². The number of hydrogen-bond acceptors (Lipinski definition) is 2. The molecule has 0 spiro atoms. The molecule has 0 radical (unpaired) electrons. The van der Waals surface area contributed by atoms with Crippen LogP contribution in [0.15, 0.2) is 76.7 Å². The molecule has 2 atom stereocenters. The molecule has 4 heteroatoms. The van der Waals surface area contributed by atoms with Crippen LogP contribution in [0.1, 0.15) is 30.4 Å². The van der Waals surface area contributed by atoms with Gasteiger partial charge in [-0.05, 0) is 60.7 Å². The Morgan fingerprint density at radius 2 is 1.81 bits per heavy atom. The van der Waals surface area contributed by atoms with Gasteiger partial charge in [-0.1, -0.05) is 60.7 Å². The molecule has 1 N–H and O–H groups in total. The number of fused-ring (bicyclic) bond motifs is 3. The highest BCUT2D eigenvalue weighted by Gasteiger charge is 2.31. The van der Waals surface area contributed by atoms with E-state index in [0.29, 0.717) is 6.04 Å². The zero-order valence-corrected chi connectivity index (χ0v) is 18.5. The Morgan fingerprint density at radius 3 is 2.74 bits per heavy atom. The zero-order valence-electron chi connectivity index (χ0n) is 17.7. The van der Waals surface area contributed by atoms with Crippen molar-refractivity contribution in [2.75, 3.05) is 13.1 Å². The van der Waals surface area contributed by atoms with Gasteiger partial charge in [0.1, 0.15) is 15.8 Å². The van der Waals surface area contributed by atoms with E-state index < -0.39 is 10.8 Å². The highest BCUT2D eigenvalue weighted by Crippen LogP contribution is 2.40. The summed E-state index contributed by atoms with van der Waals surface area (Å²) in [5.41, 5.74) is 4.81. The molecule has 0 amide bonds. The van der Waals surface area contributed by atoms with Crippen LogP contribution < -0.4 is 0 Å². The van der Waals surface area contributed by atoms with E-state index in [2.05, 4.69) is 59.3 Å². The van der Waals surface area contributed by atoms with Gasteiger partial charge in [-0.3, -0.25) is 4.90 Å². The molecule has 0 aliphatic carbocycles. The molecular weight excluding hydrogens is 400 g/mol. The van der Waals surface area contributed by atoms with Gasteiger partial charge in [-0.2, -0.15) is 0 Å². The number of rotatable bonds is 3. The van der Waals surface area contributed by atoms with Crippen molar-refractivity contribution in [3.05, 3.63) is 77.9 Å². The summed E-state index contributed by atoms with van der Waals surface area (Å²) in [6.45, 7) is 4.33. The molecule has 2 aliphatic rings. The minimum absolute atomic E-state index is 0.619. The van der Waals surface area contributed by atoms with Gasteiger partial charge >= 0.3 is 0 Å².